The van der Waals surface area contributed by atoms with Crippen molar-refractivity contribution >= 4 is 45.8 Å². The second kappa shape index (κ2) is 12.9. The topological polar surface area (TPSA) is 74.2 Å². The van der Waals surface area contributed by atoms with Gasteiger partial charge in [-0.3, -0.25) is 9.89 Å². The molecule has 7 nitrogen and oxygen atoms in total. The van der Waals surface area contributed by atoms with Gasteiger partial charge in [-0.25, -0.2) is 8.42 Å². The van der Waals surface area contributed by atoms with Crippen molar-refractivity contribution in [1.29, 1.82) is 0 Å². The first-order valence-electron chi connectivity index (χ1n) is 11.2. The van der Waals surface area contributed by atoms with E-state index in [0.717, 1.165) is 45.2 Å². The Morgan fingerprint density at radius 3 is 2.41 bits per heavy atom. The van der Waals surface area contributed by atoms with Crippen LogP contribution in [0, 0.1) is 0 Å². The minimum atomic E-state index is -3.22. The lowest BCUT2D eigenvalue weighted by molar-refractivity contribution is 0.0767. The van der Waals surface area contributed by atoms with E-state index in [-0.39, 0.29) is 30.5 Å². The summed E-state index contributed by atoms with van der Waals surface area (Å²) >= 11 is 0. The molecule has 0 radical (unpaired) electrons. The Balaban J connectivity index is 0.00000363. The summed E-state index contributed by atoms with van der Waals surface area (Å²) in [6.45, 7) is 8.63. The molecule has 2 heterocycles. The summed E-state index contributed by atoms with van der Waals surface area (Å²) in [5.41, 5.74) is 1.22. The zero-order valence-corrected chi connectivity index (χ0v) is 22.3. The number of nitrogens with zero attached hydrogens (tertiary/aromatic N) is 3. The molecule has 0 aromatic heterocycles. The quantitative estimate of drug-likeness (QED) is 0.306. The van der Waals surface area contributed by atoms with Crippen LogP contribution in [0.2, 0.25) is 0 Å². The summed E-state index contributed by atoms with van der Waals surface area (Å²) in [6, 6.07) is 10.3. The predicted molar refractivity (Wildman–Crippen MR) is 143 cm³/mol. The second-order valence-electron chi connectivity index (χ2n) is 8.34. The number of hydrogen-bond acceptors (Lipinski definition) is 5. The van der Waals surface area contributed by atoms with Crippen LogP contribution in [-0.2, 0) is 14.6 Å². The maximum atomic E-state index is 12.5. The van der Waals surface area contributed by atoms with Gasteiger partial charge in [0.05, 0.1) is 11.3 Å². The van der Waals surface area contributed by atoms with Gasteiger partial charge in [0.2, 0.25) is 0 Å². The van der Waals surface area contributed by atoms with Crippen molar-refractivity contribution in [2.45, 2.75) is 24.5 Å². The summed E-state index contributed by atoms with van der Waals surface area (Å²) < 4.78 is 29.7. The molecule has 9 heteroatoms. The first kappa shape index (κ1) is 27.1. The van der Waals surface area contributed by atoms with Gasteiger partial charge in [0, 0.05) is 58.7 Å². The minimum absolute atomic E-state index is 0. The number of benzene rings is 1. The molecule has 0 aliphatic carbocycles. The van der Waals surface area contributed by atoms with Crippen LogP contribution in [0.25, 0.3) is 6.08 Å². The highest BCUT2D eigenvalue weighted by molar-refractivity contribution is 14.0. The number of guanidine groups is 1. The molecule has 0 saturated carbocycles. The third-order valence-corrected chi connectivity index (χ3v) is 8.30. The van der Waals surface area contributed by atoms with Gasteiger partial charge in [-0.2, -0.15) is 0 Å². The Morgan fingerprint density at radius 2 is 1.81 bits per heavy atom. The monoisotopic (exact) mass is 576 g/mol. The van der Waals surface area contributed by atoms with E-state index in [9.17, 15) is 8.42 Å². The van der Waals surface area contributed by atoms with E-state index in [1.54, 1.807) is 0 Å². The SMILES string of the molecule is CCNC(=NCC1(S(C)(=O)=O)CCOCC1)N1CCN(C/C=C/c2ccccc2)CC1.I. The molecule has 2 aliphatic rings. The van der Waals surface area contributed by atoms with Crippen LogP contribution in [0.1, 0.15) is 25.3 Å². The lowest BCUT2D eigenvalue weighted by atomic mass is 9.99. The molecule has 2 saturated heterocycles. The smallest absolute Gasteiger partial charge is 0.194 e. The molecule has 1 aromatic rings. The Labute approximate surface area is 210 Å². The zero-order chi connectivity index (χ0) is 22.2. The van der Waals surface area contributed by atoms with Crippen LogP contribution in [0.5, 0.6) is 0 Å². The molecule has 32 heavy (non-hydrogen) atoms. The van der Waals surface area contributed by atoms with Crippen molar-refractivity contribution in [3.05, 3.63) is 42.0 Å². The predicted octanol–water partition coefficient (Wildman–Crippen LogP) is 2.49. The van der Waals surface area contributed by atoms with Gasteiger partial charge in [-0.1, -0.05) is 42.5 Å². The third-order valence-electron chi connectivity index (χ3n) is 6.19. The summed E-state index contributed by atoms with van der Waals surface area (Å²) in [7, 11) is -3.22. The zero-order valence-electron chi connectivity index (χ0n) is 19.2. The van der Waals surface area contributed by atoms with Crippen molar-refractivity contribution in [2.75, 3.05) is 65.3 Å². The highest BCUT2D eigenvalue weighted by Gasteiger charge is 2.42. The van der Waals surface area contributed by atoms with E-state index in [2.05, 4.69) is 39.4 Å². The summed E-state index contributed by atoms with van der Waals surface area (Å²) in [4.78, 5) is 9.46. The lowest BCUT2D eigenvalue weighted by Crippen LogP contribution is -2.53. The van der Waals surface area contributed by atoms with Gasteiger partial charge in [0.15, 0.2) is 15.8 Å². The Morgan fingerprint density at radius 1 is 1.16 bits per heavy atom. The number of rotatable bonds is 7. The highest BCUT2D eigenvalue weighted by Crippen LogP contribution is 2.29. The molecular weight excluding hydrogens is 539 g/mol. The molecule has 0 bridgehead atoms. The molecule has 0 unspecified atom stereocenters. The average Bonchev–Trinajstić information content (AvgIpc) is 2.78. The van der Waals surface area contributed by atoms with Crippen molar-refractivity contribution in [3.8, 4) is 0 Å². The minimum Gasteiger partial charge on any atom is -0.381 e. The second-order valence-corrected chi connectivity index (χ2v) is 10.7. The van der Waals surface area contributed by atoms with E-state index in [1.165, 1.54) is 11.8 Å². The van der Waals surface area contributed by atoms with Gasteiger partial charge in [-0.15, -0.1) is 24.0 Å². The lowest BCUT2D eigenvalue weighted by Gasteiger charge is -2.37. The number of ether oxygens (including phenoxy) is 1. The van der Waals surface area contributed by atoms with Gasteiger partial charge >= 0.3 is 0 Å². The fraction of sp³-hybridized carbons (Fsp3) is 0.609. The average molecular weight is 577 g/mol. The van der Waals surface area contributed by atoms with E-state index in [0.29, 0.717) is 26.1 Å². The molecule has 1 N–H and O–H groups in total. The standard InChI is InChI=1S/C23H36N4O3S.HI/c1-3-24-22(25-20-23(31(2,28)29)11-18-30-19-12-23)27-16-14-26(15-17-27)13-7-10-21-8-5-4-6-9-21;/h4-10H,3,11-20H2,1-2H3,(H,24,25);1H/b10-7+;. The Kier molecular flexibility index (Phi) is 10.9. The van der Waals surface area contributed by atoms with Gasteiger partial charge in [-0.05, 0) is 25.3 Å². The molecule has 180 valence electrons. The van der Waals surface area contributed by atoms with E-state index >= 15 is 0 Å². The number of aliphatic imine (C=N–C) groups is 1. The van der Waals surface area contributed by atoms with Crippen LogP contribution < -0.4 is 5.32 Å². The van der Waals surface area contributed by atoms with E-state index in [1.807, 2.05) is 25.1 Å². The summed E-state index contributed by atoms with van der Waals surface area (Å²) in [5, 5.41) is 3.36. The number of halogens is 1. The molecule has 3 rings (SSSR count). The van der Waals surface area contributed by atoms with Crippen molar-refractivity contribution in [1.82, 2.24) is 15.1 Å². The Bertz CT molecular complexity index is 847. The van der Waals surface area contributed by atoms with Crippen molar-refractivity contribution in [2.24, 2.45) is 4.99 Å². The van der Waals surface area contributed by atoms with Crippen LogP contribution in [0.4, 0.5) is 0 Å². The number of hydrogen-bond donors (Lipinski definition) is 1. The maximum absolute atomic E-state index is 12.5. The van der Waals surface area contributed by atoms with Crippen LogP contribution in [0.3, 0.4) is 0 Å². The fourth-order valence-electron chi connectivity index (χ4n) is 4.08. The molecular formula is C23H37IN4O3S. The number of piperazine rings is 1. The molecule has 0 atom stereocenters. The first-order chi connectivity index (χ1) is 14.9. The number of sulfone groups is 1. The molecule has 1 aromatic carbocycles. The van der Waals surface area contributed by atoms with Gasteiger partial charge in [0.25, 0.3) is 0 Å². The van der Waals surface area contributed by atoms with Crippen LogP contribution in [-0.4, -0.2) is 94.2 Å². The summed E-state index contributed by atoms with van der Waals surface area (Å²) in [5.74, 6) is 0.816. The molecule has 2 aliphatic heterocycles. The van der Waals surface area contributed by atoms with Crippen molar-refractivity contribution < 1.29 is 13.2 Å². The van der Waals surface area contributed by atoms with E-state index < -0.39 is 14.6 Å². The molecule has 0 spiro atoms. The normalized spacial score (nSPS) is 20.2. The van der Waals surface area contributed by atoms with Crippen molar-refractivity contribution in [3.63, 3.8) is 0 Å². The molecule has 0 amide bonds. The fourth-order valence-corrected chi connectivity index (χ4v) is 5.29. The first-order valence-corrected chi connectivity index (χ1v) is 13.1. The third kappa shape index (κ3) is 7.43. The van der Waals surface area contributed by atoms with Gasteiger partial charge < -0.3 is 15.0 Å². The highest BCUT2D eigenvalue weighted by atomic mass is 127. The maximum Gasteiger partial charge on any atom is 0.194 e. The summed E-state index contributed by atoms with van der Waals surface area (Å²) in [6.07, 6.45) is 6.73. The largest absolute Gasteiger partial charge is 0.381 e. The van der Waals surface area contributed by atoms with E-state index in [4.69, 9.17) is 9.73 Å². The number of nitrogens with one attached hydrogen (secondary N) is 1. The molecule has 2 fully saturated rings. The van der Waals surface area contributed by atoms with Gasteiger partial charge in [0.1, 0.15) is 0 Å². The van der Waals surface area contributed by atoms with Crippen LogP contribution >= 0.6 is 24.0 Å². The van der Waals surface area contributed by atoms with Crippen LogP contribution in [0.15, 0.2) is 41.4 Å². The Hall–Kier alpha value is -1.17.